The molecule has 13 heavy (non-hydrogen) atoms. The number of carboxylic acids is 1. The first-order chi connectivity index (χ1) is 6.15. The van der Waals surface area contributed by atoms with Crippen LogP contribution in [0.1, 0.15) is 17.0 Å². The predicted molar refractivity (Wildman–Crippen MR) is 47.2 cm³/mol. The molecule has 0 saturated carbocycles. The van der Waals surface area contributed by atoms with Gasteiger partial charge in [0.2, 0.25) is 0 Å². The van der Waals surface area contributed by atoms with Gasteiger partial charge in [-0.05, 0) is 12.5 Å². The van der Waals surface area contributed by atoms with Gasteiger partial charge in [0.05, 0.1) is 6.07 Å². The normalized spacial score (nSPS) is 11.7. The van der Waals surface area contributed by atoms with Crippen LogP contribution in [0.4, 0.5) is 0 Å². The zero-order chi connectivity index (χ0) is 9.84. The Morgan fingerprint density at radius 3 is 2.38 bits per heavy atom. The summed E-state index contributed by atoms with van der Waals surface area (Å²) in [6.07, 6.45) is 0. The molecule has 0 aliphatic carbocycles. The lowest BCUT2D eigenvalue weighted by atomic mass is 10.00. The quantitative estimate of drug-likeness (QED) is 0.743. The first-order valence-electron chi connectivity index (χ1n) is 3.84. The second-order valence-electron chi connectivity index (χ2n) is 2.81. The van der Waals surface area contributed by atoms with Gasteiger partial charge in [0, 0.05) is 0 Å². The summed E-state index contributed by atoms with van der Waals surface area (Å²) in [5, 5.41) is 17.3. The molecule has 1 rings (SSSR count). The van der Waals surface area contributed by atoms with E-state index in [4.69, 9.17) is 10.4 Å². The SMILES string of the molecule is Cc1ccc(C(C#N)C(=O)O)cc1. The van der Waals surface area contributed by atoms with Gasteiger partial charge in [0.1, 0.15) is 0 Å². The van der Waals surface area contributed by atoms with E-state index < -0.39 is 11.9 Å². The number of aryl methyl sites for hydroxylation is 1. The van der Waals surface area contributed by atoms with Crippen LogP contribution in [0.25, 0.3) is 0 Å². The summed E-state index contributed by atoms with van der Waals surface area (Å²) < 4.78 is 0. The minimum absolute atomic E-state index is 0.528. The molecule has 0 aliphatic heterocycles. The second-order valence-corrected chi connectivity index (χ2v) is 2.81. The summed E-state index contributed by atoms with van der Waals surface area (Å²) in [6, 6.07) is 8.65. The molecule has 0 radical (unpaired) electrons. The monoisotopic (exact) mass is 175 g/mol. The van der Waals surface area contributed by atoms with Crippen LogP contribution in [0, 0.1) is 18.3 Å². The predicted octanol–water partition coefficient (Wildman–Crippen LogP) is 1.69. The highest BCUT2D eigenvalue weighted by Gasteiger charge is 2.18. The summed E-state index contributed by atoms with van der Waals surface area (Å²) in [4.78, 5) is 10.6. The van der Waals surface area contributed by atoms with Gasteiger partial charge >= 0.3 is 5.97 Å². The Labute approximate surface area is 76.2 Å². The van der Waals surface area contributed by atoms with Crippen molar-refractivity contribution in [2.45, 2.75) is 12.8 Å². The van der Waals surface area contributed by atoms with Crippen molar-refractivity contribution in [1.82, 2.24) is 0 Å². The molecule has 0 aliphatic rings. The Kier molecular flexibility index (Phi) is 2.65. The van der Waals surface area contributed by atoms with E-state index in [-0.39, 0.29) is 0 Å². The van der Waals surface area contributed by atoms with Gasteiger partial charge in [-0.2, -0.15) is 5.26 Å². The van der Waals surface area contributed by atoms with Gasteiger partial charge in [-0.1, -0.05) is 29.8 Å². The number of hydrogen-bond acceptors (Lipinski definition) is 2. The molecule has 0 fully saturated rings. The Hall–Kier alpha value is -1.82. The van der Waals surface area contributed by atoms with Crippen molar-refractivity contribution in [3.05, 3.63) is 35.4 Å². The standard InChI is InChI=1S/C10H9NO2/c1-7-2-4-8(5-3-7)9(6-11)10(12)13/h2-5,9H,1H3,(H,12,13). The fourth-order valence-electron chi connectivity index (χ4n) is 1.03. The molecule has 66 valence electrons. The number of aliphatic carboxylic acids is 1. The van der Waals surface area contributed by atoms with Crippen molar-refractivity contribution in [3.63, 3.8) is 0 Å². The molecule has 1 N–H and O–H groups in total. The van der Waals surface area contributed by atoms with Gasteiger partial charge in [-0.15, -0.1) is 0 Å². The second kappa shape index (κ2) is 3.72. The van der Waals surface area contributed by atoms with Crippen molar-refractivity contribution in [2.75, 3.05) is 0 Å². The average Bonchev–Trinajstić information content (AvgIpc) is 2.09. The molecule has 3 heteroatoms. The number of rotatable bonds is 2. The summed E-state index contributed by atoms with van der Waals surface area (Å²) in [5.74, 6) is -2.16. The third-order valence-electron chi connectivity index (χ3n) is 1.79. The van der Waals surface area contributed by atoms with Crippen molar-refractivity contribution in [2.24, 2.45) is 0 Å². The van der Waals surface area contributed by atoms with E-state index in [1.54, 1.807) is 30.3 Å². The van der Waals surface area contributed by atoms with E-state index in [1.807, 2.05) is 6.92 Å². The number of hydrogen-bond donors (Lipinski definition) is 1. The molecule has 1 aromatic carbocycles. The summed E-state index contributed by atoms with van der Waals surface area (Å²) in [7, 11) is 0. The Balaban J connectivity index is 3.01. The van der Waals surface area contributed by atoms with Gasteiger partial charge in [0.25, 0.3) is 0 Å². The fraction of sp³-hybridized carbons (Fsp3) is 0.200. The molecule has 1 atom stereocenters. The van der Waals surface area contributed by atoms with Crippen LogP contribution >= 0.6 is 0 Å². The zero-order valence-electron chi connectivity index (χ0n) is 7.19. The molecule has 0 saturated heterocycles. The van der Waals surface area contributed by atoms with Gasteiger partial charge in [0.15, 0.2) is 5.92 Å². The maximum atomic E-state index is 10.6. The number of carboxylic acid groups (broad SMARTS) is 1. The third-order valence-corrected chi connectivity index (χ3v) is 1.79. The van der Waals surface area contributed by atoms with Gasteiger partial charge in [-0.25, -0.2) is 0 Å². The van der Waals surface area contributed by atoms with Crippen LogP contribution in [0.2, 0.25) is 0 Å². The molecule has 0 amide bonds. The number of nitriles is 1. The first-order valence-corrected chi connectivity index (χ1v) is 3.84. The zero-order valence-corrected chi connectivity index (χ0v) is 7.19. The molecule has 0 aromatic heterocycles. The highest BCUT2D eigenvalue weighted by molar-refractivity contribution is 5.79. The Bertz CT molecular complexity index is 348. The van der Waals surface area contributed by atoms with Crippen LogP contribution in [-0.4, -0.2) is 11.1 Å². The van der Waals surface area contributed by atoms with Crippen LogP contribution in [-0.2, 0) is 4.79 Å². The Morgan fingerprint density at radius 2 is 2.00 bits per heavy atom. The maximum Gasteiger partial charge on any atom is 0.325 e. The van der Waals surface area contributed by atoms with E-state index >= 15 is 0 Å². The first kappa shape index (κ1) is 9.27. The smallest absolute Gasteiger partial charge is 0.325 e. The van der Waals surface area contributed by atoms with E-state index in [9.17, 15) is 4.79 Å². The van der Waals surface area contributed by atoms with E-state index in [0.29, 0.717) is 5.56 Å². The molecular weight excluding hydrogens is 166 g/mol. The maximum absolute atomic E-state index is 10.6. The lowest BCUT2D eigenvalue weighted by Gasteiger charge is -2.03. The van der Waals surface area contributed by atoms with E-state index in [2.05, 4.69) is 0 Å². The molecule has 0 bridgehead atoms. The minimum Gasteiger partial charge on any atom is -0.480 e. The Morgan fingerprint density at radius 1 is 1.46 bits per heavy atom. The minimum atomic E-state index is -1.11. The van der Waals surface area contributed by atoms with Crippen molar-refractivity contribution in [1.29, 1.82) is 5.26 Å². The summed E-state index contributed by atoms with van der Waals surface area (Å²) in [5.41, 5.74) is 1.58. The van der Waals surface area contributed by atoms with Crippen LogP contribution in [0.3, 0.4) is 0 Å². The molecule has 1 aromatic rings. The average molecular weight is 175 g/mol. The summed E-state index contributed by atoms with van der Waals surface area (Å²) in [6.45, 7) is 1.91. The number of benzene rings is 1. The van der Waals surface area contributed by atoms with Gasteiger partial charge in [-0.3, -0.25) is 4.79 Å². The summed E-state index contributed by atoms with van der Waals surface area (Å²) >= 11 is 0. The molecule has 1 unspecified atom stereocenters. The van der Waals surface area contributed by atoms with E-state index in [0.717, 1.165) is 5.56 Å². The third kappa shape index (κ3) is 2.06. The lowest BCUT2D eigenvalue weighted by Crippen LogP contribution is -2.08. The van der Waals surface area contributed by atoms with Crippen molar-refractivity contribution in [3.8, 4) is 6.07 Å². The van der Waals surface area contributed by atoms with Crippen molar-refractivity contribution < 1.29 is 9.90 Å². The fourth-order valence-corrected chi connectivity index (χ4v) is 1.03. The molecular formula is C10H9NO2. The highest BCUT2D eigenvalue weighted by Crippen LogP contribution is 2.15. The lowest BCUT2D eigenvalue weighted by molar-refractivity contribution is -0.137. The highest BCUT2D eigenvalue weighted by atomic mass is 16.4. The van der Waals surface area contributed by atoms with E-state index in [1.165, 1.54) is 0 Å². The molecule has 0 heterocycles. The largest absolute Gasteiger partial charge is 0.480 e. The van der Waals surface area contributed by atoms with Crippen LogP contribution < -0.4 is 0 Å². The van der Waals surface area contributed by atoms with Crippen LogP contribution in [0.5, 0.6) is 0 Å². The van der Waals surface area contributed by atoms with Crippen LogP contribution in [0.15, 0.2) is 24.3 Å². The number of nitrogens with zero attached hydrogens (tertiary/aromatic N) is 1. The van der Waals surface area contributed by atoms with Gasteiger partial charge < -0.3 is 5.11 Å². The number of carbonyl (C=O) groups is 1. The molecule has 0 spiro atoms. The molecule has 3 nitrogen and oxygen atoms in total. The topological polar surface area (TPSA) is 61.1 Å². The van der Waals surface area contributed by atoms with Crippen molar-refractivity contribution >= 4 is 5.97 Å².